The molecule has 1 aromatic carbocycles. The van der Waals surface area contributed by atoms with Crippen LogP contribution in [0.25, 0.3) is 10.8 Å². The van der Waals surface area contributed by atoms with Crippen LogP contribution in [-0.2, 0) is 4.79 Å². The summed E-state index contributed by atoms with van der Waals surface area (Å²) in [6.45, 7) is 0. The van der Waals surface area contributed by atoms with Gasteiger partial charge in [0.15, 0.2) is 5.69 Å². The predicted molar refractivity (Wildman–Crippen MR) is 78.6 cm³/mol. The molecule has 1 amide bonds. The van der Waals surface area contributed by atoms with Crippen molar-refractivity contribution in [3.63, 3.8) is 0 Å². The number of nitrogens with one attached hydrogen (secondary N) is 2. The molecule has 1 atom stereocenters. The minimum absolute atomic E-state index is 0.0252. The van der Waals surface area contributed by atoms with Gasteiger partial charge in [0.25, 0.3) is 11.5 Å². The molecule has 1 aromatic heterocycles. The van der Waals surface area contributed by atoms with Gasteiger partial charge in [-0.15, -0.1) is 0 Å². The number of rotatable bonds is 5. The van der Waals surface area contributed by atoms with Crippen molar-refractivity contribution in [2.45, 2.75) is 25.3 Å². The minimum atomic E-state index is -1.06. The van der Waals surface area contributed by atoms with Crippen LogP contribution >= 0.6 is 0 Å². The number of H-pyrrole nitrogens is 1. The zero-order valence-electron chi connectivity index (χ0n) is 11.7. The van der Waals surface area contributed by atoms with Crippen LogP contribution in [0.4, 0.5) is 0 Å². The smallest absolute Gasteiger partial charge is 0.326 e. The Bertz CT molecular complexity index is 795. The molecule has 1 fully saturated rings. The third-order valence-corrected chi connectivity index (χ3v) is 3.78. The number of fused-ring (bicyclic) bond motifs is 1. The Balaban J connectivity index is 1.89. The van der Waals surface area contributed by atoms with E-state index in [0.717, 1.165) is 12.8 Å². The lowest BCUT2D eigenvalue weighted by atomic mass is 10.1. The van der Waals surface area contributed by atoms with Crippen molar-refractivity contribution in [2.75, 3.05) is 0 Å². The van der Waals surface area contributed by atoms with E-state index in [1.165, 1.54) is 0 Å². The predicted octanol–water partition coefficient (Wildman–Crippen LogP) is 0.906. The molecule has 2 aromatic rings. The molecule has 1 heterocycles. The zero-order chi connectivity index (χ0) is 15.7. The summed E-state index contributed by atoms with van der Waals surface area (Å²) in [5.74, 6) is -1.30. The highest BCUT2D eigenvalue weighted by atomic mass is 16.4. The molecule has 1 aliphatic carbocycles. The van der Waals surface area contributed by atoms with Crippen molar-refractivity contribution in [1.82, 2.24) is 15.5 Å². The summed E-state index contributed by atoms with van der Waals surface area (Å²) in [7, 11) is 0. The summed E-state index contributed by atoms with van der Waals surface area (Å²) in [6, 6.07) is 5.65. The van der Waals surface area contributed by atoms with E-state index in [4.69, 9.17) is 0 Å². The quantitative estimate of drug-likeness (QED) is 0.759. The molecular formula is C15H15N3O4. The highest BCUT2D eigenvalue weighted by Crippen LogP contribution is 2.33. The van der Waals surface area contributed by atoms with E-state index in [1.807, 2.05) is 0 Å². The third-order valence-electron chi connectivity index (χ3n) is 3.78. The number of nitrogens with zero attached hydrogens (tertiary/aromatic N) is 1. The molecule has 0 spiro atoms. The van der Waals surface area contributed by atoms with E-state index in [9.17, 15) is 19.5 Å². The zero-order valence-corrected chi connectivity index (χ0v) is 11.7. The maximum atomic E-state index is 12.3. The Morgan fingerprint density at radius 1 is 1.32 bits per heavy atom. The normalized spacial score (nSPS) is 15.5. The summed E-state index contributed by atoms with van der Waals surface area (Å²) in [6.07, 6.45) is 2.42. The van der Waals surface area contributed by atoms with Crippen LogP contribution in [0.2, 0.25) is 0 Å². The SMILES string of the molecule is O=C(NC(CC1CC1)C(=O)O)c1n[nH]c(=O)c2ccccc12. The highest BCUT2D eigenvalue weighted by molar-refractivity contribution is 6.05. The van der Waals surface area contributed by atoms with Gasteiger partial charge >= 0.3 is 5.97 Å². The van der Waals surface area contributed by atoms with E-state index in [2.05, 4.69) is 15.5 Å². The van der Waals surface area contributed by atoms with Crippen molar-refractivity contribution in [1.29, 1.82) is 0 Å². The first-order valence-electron chi connectivity index (χ1n) is 7.07. The molecule has 0 saturated heterocycles. The van der Waals surface area contributed by atoms with Crippen LogP contribution in [0, 0.1) is 5.92 Å². The number of carbonyl (C=O) groups is 2. The monoisotopic (exact) mass is 301 g/mol. The third kappa shape index (κ3) is 2.83. The number of hydrogen-bond acceptors (Lipinski definition) is 4. The van der Waals surface area contributed by atoms with Crippen LogP contribution < -0.4 is 10.9 Å². The van der Waals surface area contributed by atoms with E-state index in [-0.39, 0.29) is 11.3 Å². The second-order valence-electron chi connectivity index (χ2n) is 5.49. The van der Waals surface area contributed by atoms with Crippen molar-refractivity contribution in [3.05, 3.63) is 40.3 Å². The fourth-order valence-corrected chi connectivity index (χ4v) is 2.42. The van der Waals surface area contributed by atoms with Gasteiger partial charge in [0.2, 0.25) is 0 Å². The molecule has 7 nitrogen and oxygen atoms in total. The number of hydrogen-bond donors (Lipinski definition) is 3. The molecular weight excluding hydrogens is 286 g/mol. The molecule has 0 bridgehead atoms. The Morgan fingerprint density at radius 3 is 2.64 bits per heavy atom. The largest absolute Gasteiger partial charge is 0.480 e. The Labute approximate surface area is 125 Å². The summed E-state index contributed by atoms with van der Waals surface area (Å²) < 4.78 is 0. The maximum Gasteiger partial charge on any atom is 0.326 e. The lowest BCUT2D eigenvalue weighted by Crippen LogP contribution is -2.41. The number of amides is 1. The van der Waals surface area contributed by atoms with Crippen molar-refractivity contribution in [2.24, 2.45) is 5.92 Å². The molecule has 7 heteroatoms. The van der Waals surface area contributed by atoms with Gasteiger partial charge < -0.3 is 10.4 Å². The van der Waals surface area contributed by atoms with Gasteiger partial charge in [0, 0.05) is 5.39 Å². The van der Waals surface area contributed by atoms with Gasteiger partial charge in [-0.25, -0.2) is 9.89 Å². The van der Waals surface area contributed by atoms with Gasteiger partial charge in [-0.3, -0.25) is 9.59 Å². The number of aromatic nitrogens is 2. The molecule has 1 aliphatic rings. The Kier molecular flexibility index (Phi) is 3.62. The van der Waals surface area contributed by atoms with Crippen LogP contribution in [0.5, 0.6) is 0 Å². The lowest BCUT2D eigenvalue weighted by Gasteiger charge is -2.14. The summed E-state index contributed by atoms with van der Waals surface area (Å²) in [4.78, 5) is 35.3. The first kappa shape index (κ1) is 14.2. The summed E-state index contributed by atoms with van der Waals surface area (Å²) in [5, 5.41) is 18.5. The van der Waals surface area contributed by atoms with Crippen molar-refractivity contribution in [3.8, 4) is 0 Å². The van der Waals surface area contributed by atoms with Gasteiger partial charge in [-0.05, 0) is 18.4 Å². The van der Waals surface area contributed by atoms with E-state index in [0.29, 0.717) is 23.1 Å². The van der Waals surface area contributed by atoms with Gasteiger partial charge in [0.1, 0.15) is 6.04 Å². The van der Waals surface area contributed by atoms with E-state index < -0.39 is 17.9 Å². The number of carboxylic acids is 1. The Morgan fingerprint density at radius 2 is 2.00 bits per heavy atom. The van der Waals surface area contributed by atoms with E-state index >= 15 is 0 Å². The number of aliphatic carboxylic acids is 1. The molecule has 114 valence electrons. The minimum Gasteiger partial charge on any atom is -0.480 e. The molecule has 0 radical (unpaired) electrons. The van der Waals surface area contributed by atoms with Crippen molar-refractivity contribution >= 4 is 22.6 Å². The first-order valence-corrected chi connectivity index (χ1v) is 7.07. The number of benzene rings is 1. The molecule has 22 heavy (non-hydrogen) atoms. The van der Waals surface area contributed by atoms with Crippen LogP contribution in [0.3, 0.4) is 0 Å². The molecule has 0 aliphatic heterocycles. The molecule has 3 N–H and O–H groups in total. The standard InChI is InChI=1S/C15H15N3O4/c19-13-10-4-2-1-3-9(10)12(17-18-13)14(20)16-11(15(21)22)7-8-5-6-8/h1-4,8,11H,5-7H2,(H,16,20)(H,18,19)(H,21,22). The lowest BCUT2D eigenvalue weighted by molar-refractivity contribution is -0.139. The van der Waals surface area contributed by atoms with Crippen LogP contribution in [0.1, 0.15) is 29.8 Å². The first-order chi connectivity index (χ1) is 10.6. The molecule has 1 saturated carbocycles. The van der Waals surface area contributed by atoms with Crippen molar-refractivity contribution < 1.29 is 14.7 Å². The average Bonchev–Trinajstić information content (AvgIpc) is 3.31. The summed E-state index contributed by atoms with van der Waals surface area (Å²) >= 11 is 0. The number of carbonyl (C=O) groups excluding carboxylic acids is 1. The van der Waals surface area contributed by atoms with Gasteiger partial charge in [-0.2, -0.15) is 5.10 Å². The fourth-order valence-electron chi connectivity index (χ4n) is 2.42. The number of carboxylic acid groups (broad SMARTS) is 1. The van der Waals surface area contributed by atoms with E-state index in [1.54, 1.807) is 24.3 Å². The van der Waals surface area contributed by atoms with Crippen LogP contribution in [-0.4, -0.2) is 33.2 Å². The second kappa shape index (κ2) is 5.59. The van der Waals surface area contributed by atoms with Gasteiger partial charge in [-0.1, -0.05) is 31.0 Å². The average molecular weight is 301 g/mol. The topological polar surface area (TPSA) is 112 Å². The highest BCUT2D eigenvalue weighted by Gasteiger charge is 2.31. The molecule has 1 unspecified atom stereocenters. The fraction of sp³-hybridized carbons (Fsp3) is 0.333. The second-order valence-corrected chi connectivity index (χ2v) is 5.49. The van der Waals surface area contributed by atoms with Crippen LogP contribution in [0.15, 0.2) is 29.1 Å². The maximum absolute atomic E-state index is 12.3. The Hall–Kier alpha value is -2.70. The summed E-state index contributed by atoms with van der Waals surface area (Å²) in [5.41, 5.74) is -0.364. The molecule has 3 rings (SSSR count). The van der Waals surface area contributed by atoms with Gasteiger partial charge in [0.05, 0.1) is 5.39 Å². The number of aromatic amines is 1.